The van der Waals surface area contributed by atoms with Crippen LogP contribution < -0.4 is 0 Å². The predicted molar refractivity (Wildman–Crippen MR) is 58.6 cm³/mol. The number of carbonyl (C=O) groups is 1. The van der Waals surface area contributed by atoms with E-state index in [-0.39, 0.29) is 11.9 Å². The Labute approximate surface area is 93.7 Å². The van der Waals surface area contributed by atoms with Crippen LogP contribution in [0.2, 0.25) is 0 Å². The van der Waals surface area contributed by atoms with Gasteiger partial charge in [-0.15, -0.1) is 0 Å². The van der Waals surface area contributed by atoms with Gasteiger partial charge >= 0.3 is 5.97 Å². The molecule has 84 valence electrons. The molecule has 1 aliphatic rings. The first kappa shape index (κ1) is 10.9. The van der Waals surface area contributed by atoms with Gasteiger partial charge in [0.25, 0.3) is 0 Å². The molecule has 2 rings (SSSR count). The largest absolute Gasteiger partial charge is 0.455 e. The molecule has 1 unspecified atom stereocenters. The molecular weight excluding hydrogens is 207 g/mol. The lowest BCUT2D eigenvalue weighted by molar-refractivity contribution is 0.0370. The van der Waals surface area contributed by atoms with E-state index in [0.717, 1.165) is 19.3 Å². The average molecular weight is 220 g/mol. The van der Waals surface area contributed by atoms with Gasteiger partial charge in [0, 0.05) is 0 Å². The number of halogens is 1. The van der Waals surface area contributed by atoms with Crippen molar-refractivity contribution in [3.63, 3.8) is 0 Å². The van der Waals surface area contributed by atoms with Gasteiger partial charge in [0.2, 0.25) is 0 Å². The average Bonchev–Trinajstić information content (AvgIpc) is 2.31. The lowest BCUT2D eigenvalue weighted by Crippen LogP contribution is -2.17. The summed E-state index contributed by atoms with van der Waals surface area (Å²) in [5.41, 5.74) is 0.389. The lowest BCUT2D eigenvalue weighted by atomic mass is 10.1. The Morgan fingerprint density at radius 3 is 2.69 bits per heavy atom. The molecule has 0 saturated carbocycles. The topological polar surface area (TPSA) is 26.3 Å². The molecule has 2 nitrogen and oxygen atoms in total. The van der Waals surface area contributed by atoms with Crippen molar-refractivity contribution in [1.29, 1.82) is 0 Å². The maximum atomic E-state index is 12.6. The zero-order chi connectivity index (χ0) is 11.4. The molecule has 0 fully saturated rings. The van der Waals surface area contributed by atoms with Gasteiger partial charge in [0.15, 0.2) is 0 Å². The third-order valence-electron chi connectivity index (χ3n) is 2.55. The quantitative estimate of drug-likeness (QED) is 0.565. The Bertz CT molecular complexity index is 395. The number of esters is 1. The summed E-state index contributed by atoms with van der Waals surface area (Å²) in [4.78, 5) is 11.6. The number of allylic oxidation sites excluding steroid dienone is 1. The molecule has 3 heteroatoms. The van der Waals surface area contributed by atoms with E-state index in [4.69, 9.17) is 4.74 Å². The van der Waals surface area contributed by atoms with Gasteiger partial charge in [-0.2, -0.15) is 0 Å². The van der Waals surface area contributed by atoms with E-state index < -0.39 is 5.97 Å². The first-order chi connectivity index (χ1) is 7.75. The first-order valence-electron chi connectivity index (χ1n) is 5.39. The van der Waals surface area contributed by atoms with E-state index >= 15 is 0 Å². The minimum Gasteiger partial charge on any atom is -0.455 e. The van der Waals surface area contributed by atoms with Crippen LogP contribution in [0.25, 0.3) is 0 Å². The number of ether oxygens (including phenoxy) is 1. The first-order valence-corrected chi connectivity index (χ1v) is 5.39. The van der Waals surface area contributed by atoms with Crippen LogP contribution in [0.1, 0.15) is 29.6 Å². The van der Waals surface area contributed by atoms with Crippen LogP contribution >= 0.6 is 0 Å². The van der Waals surface area contributed by atoms with Crippen molar-refractivity contribution in [2.45, 2.75) is 25.4 Å². The summed E-state index contributed by atoms with van der Waals surface area (Å²) in [6.45, 7) is 0. The van der Waals surface area contributed by atoms with Gasteiger partial charge in [-0.25, -0.2) is 9.18 Å². The van der Waals surface area contributed by atoms with Crippen molar-refractivity contribution in [2.24, 2.45) is 0 Å². The second kappa shape index (κ2) is 4.92. The van der Waals surface area contributed by atoms with Crippen LogP contribution in [0.3, 0.4) is 0 Å². The summed E-state index contributed by atoms with van der Waals surface area (Å²) in [5.74, 6) is -0.745. The van der Waals surface area contributed by atoms with Crippen molar-refractivity contribution in [3.8, 4) is 0 Å². The van der Waals surface area contributed by atoms with Gasteiger partial charge in [0.1, 0.15) is 11.9 Å². The van der Waals surface area contributed by atoms with Crippen LogP contribution in [0.15, 0.2) is 36.4 Å². The summed E-state index contributed by atoms with van der Waals surface area (Å²) in [7, 11) is 0. The highest BCUT2D eigenvalue weighted by molar-refractivity contribution is 5.89. The van der Waals surface area contributed by atoms with Crippen LogP contribution in [-0.2, 0) is 4.74 Å². The highest BCUT2D eigenvalue weighted by Gasteiger charge is 2.15. The maximum absolute atomic E-state index is 12.6. The fourth-order valence-corrected chi connectivity index (χ4v) is 1.67. The van der Waals surface area contributed by atoms with Crippen LogP contribution in [0, 0.1) is 5.82 Å². The summed E-state index contributed by atoms with van der Waals surface area (Å²) in [6.07, 6.45) is 6.74. The van der Waals surface area contributed by atoms with E-state index in [1.54, 1.807) is 0 Å². The Kier molecular flexibility index (Phi) is 3.34. The molecule has 0 amide bonds. The van der Waals surface area contributed by atoms with Gasteiger partial charge in [-0.1, -0.05) is 6.08 Å². The number of benzene rings is 1. The molecule has 0 heterocycles. The van der Waals surface area contributed by atoms with Gasteiger partial charge in [-0.05, 0) is 49.6 Å². The van der Waals surface area contributed by atoms with E-state index in [9.17, 15) is 9.18 Å². The highest BCUT2D eigenvalue weighted by Crippen LogP contribution is 2.15. The minimum atomic E-state index is -0.392. The van der Waals surface area contributed by atoms with Crippen molar-refractivity contribution >= 4 is 5.97 Å². The molecule has 1 aromatic rings. The molecule has 0 aromatic heterocycles. The predicted octanol–water partition coefficient (Wildman–Crippen LogP) is 3.09. The normalized spacial score (nSPS) is 19.4. The van der Waals surface area contributed by atoms with E-state index in [0.29, 0.717) is 5.56 Å². The molecule has 16 heavy (non-hydrogen) atoms. The highest BCUT2D eigenvalue weighted by atomic mass is 19.1. The Morgan fingerprint density at radius 1 is 1.31 bits per heavy atom. The number of carbonyl (C=O) groups excluding carboxylic acids is 1. The number of rotatable bonds is 2. The molecule has 1 atom stereocenters. The van der Waals surface area contributed by atoms with Crippen LogP contribution in [0.5, 0.6) is 0 Å². The van der Waals surface area contributed by atoms with E-state index in [2.05, 4.69) is 0 Å². The van der Waals surface area contributed by atoms with Gasteiger partial charge in [-0.3, -0.25) is 0 Å². The molecule has 1 aliphatic carbocycles. The van der Waals surface area contributed by atoms with Crippen LogP contribution in [-0.4, -0.2) is 12.1 Å². The molecule has 1 aromatic carbocycles. The second-order valence-corrected chi connectivity index (χ2v) is 3.81. The van der Waals surface area contributed by atoms with Gasteiger partial charge in [0.05, 0.1) is 5.56 Å². The third kappa shape index (κ3) is 2.69. The standard InChI is InChI=1S/C13H13FO2/c14-11-8-6-10(7-9-11)13(15)16-12-4-2-1-3-5-12/h2,4,6-9,12H,1,3,5H2. The third-order valence-corrected chi connectivity index (χ3v) is 2.55. The summed E-state index contributed by atoms with van der Waals surface area (Å²) in [5, 5.41) is 0. The Morgan fingerprint density at radius 2 is 2.06 bits per heavy atom. The molecule has 0 radical (unpaired) electrons. The smallest absolute Gasteiger partial charge is 0.338 e. The van der Waals surface area contributed by atoms with E-state index in [1.165, 1.54) is 24.3 Å². The van der Waals surface area contributed by atoms with Crippen molar-refractivity contribution < 1.29 is 13.9 Å². The van der Waals surface area contributed by atoms with Gasteiger partial charge < -0.3 is 4.74 Å². The summed E-state index contributed by atoms with van der Waals surface area (Å²) >= 11 is 0. The molecule has 0 saturated heterocycles. The van der Waals surface area contributed by atoms with Crippen molar-refractivity contribution in [1.82, 2.24) is 0 Å². The zero-order valence-corrected chi connectivity index (χ0v) is 8.86. The fourth-order valence-electron chi connectivity index (χ4n) is 1.67. The fraction of sp³-hybridized carbons (Fsp3) is 0.308. The number of hydrogen-bond donors (Lipinski definition) is 0. The second-order valence-electron chi connectivity index (χ2n) is 3.81. The zero-order valence-electron chi connectivity index (χ0n) is 8.86. The van der Waals surface area contributed by atoms with E-state index in [1.807, 2.05) is 12.2 Å². The number of hydrogen-bond acceptors (Lipinski definition) is 2. The minimum absolute atomic E-state index is 0.133. The maximum Gasteiger partial charge on any atom is 0.338 e. The summed E-state index contributed by atoms with van der Waals surface area (Å²) < 4.78 is 17.9. The lowest BCUT2D eigenvalue weighted by Gasteiger charge is -2.16. The Balaban J connectivity index is 1.99. The summed E-state index contributed by atoms with van der Waals surface area (Å²) in [6, 6.07) is 5.38. The molecule has 0 aliphatic heterocycles. The molecule has 0 N–H and O–H groups in total. The van der Waals surface area contributed by atoms with Crippen LogP contribution in [0.4, 0.5) is 4.39 Å². The molecular formula is C13H13FO2. The molecule has 0 spiro atoms. The monoisotopic (exact) mass is 220 g/mol. The Hall–Kier alpha value is -1.64. The SMILES string of the molecule is O=C(OC1C=CCCC1)c1ccc(F)cc1. The van der Waals surface area contributed by atoms with Crippen molar-refractivity contribution in [2.75, 3.05) is 0 Å². The molecule has 0 bridgehead atoms. The van der Waals surface area contributed by atoms with Crippen molar-refractivity contribution in [3.05, 3.63) is 47.8 Å².